The zero-order valence-corrected chi connectivity index (χ0v) is 12.6. The third-order valence-electron chi connectivity index (χ3n) is 3.75. The predicted octanol–water partition coefficient (Wildman–Crippen LogP) is 3.53. The van der Waals surface area contributed by atoms with Crippen LogP contribution in [0.3, 0.4) is 0 Å². The molecule has 19 heavy (non-hydrogen) atoms. The van der Waals surface area contributed by atoms with Crippen molar-refractivity contribution in [1.82, 2.24) is 4.90 Å². The van der Waals surface area contributed by atoms with Crippen LogP contribution in [-0.4, -0.2) is 32.1 Å². The summed E-state index contributed by atoms with van der Waals surface area (Å²) in [5.74, 6) is 1.93. The molecule has 0 N–H and O–H groups in total. The van der Waals surface area contributed by atoms with Gasteiger partial charge in [-0.25, -0.2) is 0 Å². The molecule has 1 aromatic carbocycles. The highest BCUT2D eigenvalue weighted by Crippen LogP contribution is 2.30. The van der Waals surface area contributed by atoms with E-state index in [1.54, 1.807) is 0 Å². The van der Waals surface area contributed by atoms with Crippen molar-refractivity contribution in [3.63, 3.8) is 0 Å². The van der Waals surface area contributed by atoms with E-state index in [4.69, 9.17) is 4.74 Å². The molecule has 1 aliphatic carbocycles. The van der Waals surface area contributed by atoms with Gasteiger partial charge in [-0.1, -0.05) is 19.1 Å². The van der Waals surface area contributed by atoms with E-state index in [1.807, 2.05) is 0 Å². The van der Waals surface area contributed by atoms with Gasteiger partial charge in [0.05, 0.1) is 6.61 Å². The van der Waals surface area contributed by atoms with Gasteiger partial charge in [-0.2, -0.15) is 0 Å². The summed E-state index contributed by atoms with van der Waals surface area (Å²) in [6, 6.07) is 6.74. The van der Waals surface area contributed by atoms with Gasteiger partial charge >= 0.3 is 0 Å². The molecule has 0 heterocycles. The molecule has 1 saturated carbocycles. The van der Waals surface area contributed by atoms with E-state index >= 15 is 0 Å². The van der Waals surface area contributed by atoms with Crippen LogP contribution in [0, 0.1) is 5.92 Å². The van der Waals surface area contributed by atoms with Gasteiger partial charge in [0.1, 0.15) is 5.75 Å². The molecule has 0 aromatic heterocycles. The molecule has 2 rings (SSSR count). The summed E-state index contributed by atoms with van der Waals surface area (Å²) in [7, 11) is 4.26. The van der Waals surface area contributed by atoms with Gasteiger partial charge in [-0.3, -0.25) is 0 Å². The number of hydrogen-bond donors (Lipinski definition) is 0. The van der Waals surface area contributed by atoms with Crippen LogP contribution in [0.1, 0.15) is 37.3 Å². The molecule has 0 amide bonds. The molecular formula is C17H27NO. The van der Waals surface area contributed by atoms with Crippen LogP contribution in [0.2, 0.25) is 0 Å². The molecule has 0 saturated heterocycles. The van der Waals surface area contributed by atoms with Gasteiger partial charge in [0.2, 0.25) is 0 Å². The first kappa shape index (κ1) is 14.4. The maximum absolute atomic E-state index is 5.94. The van der Waals surface area contributed by atoms with Crippen molar-refractivity contribution in [2.45, 2.75) is 39.0 Å². The average Bonchev–Trinajstić information content (AvgIpc) is 3.20. The molecule has 0 unspecified atom stereocenters. The summed E-state index contributed by atoms with van der Waals surface area (Å²) in [5.41, 5.74) is 2.81. The first-order chi connectivity index (χ1) is 9.19. The molecule has 2 nitrogen and oxygen atoms in total. The first-order valence-corrected chi connectivity index (χ1v) is 7.58. The largest absolute Gasteiger partial charge is 0.493 e. The van der Waals surface area contributed by atoms with Crippen molar-refractivity contribution in [2.24, 2.45) is 5.92 Å². The molecule has 1 aromatic rings. The predicted molar refractivity (Wildman–Crippen MR) is 80.9 cm³/mol. The third-order valence-corrected chi connectivity index (χ3v) is 3.75. The molecule has 0 bridgehead atoms. The van der Waals surface area contributed by atoms with E-state index in [-0.39, 0.29) is 0 Å². The Kier molecular flexibility index (Phi) is 5.26. The lowest BCUT2D eigenvalue weighted by Crippen LogP contribution is -2.13. The summed E-state index contributed by atoms with van der Waals surface area (Å²) in [5, 5.41) is 0. The van der Waals surface area contributed by atoms with E-state index < -0.39 is 0 Å². The monoisotopic (exact) mass is 261 g/mol. The number of aryl methyl sites for hydroxylation is 2. The van der Waals surface area contributed by atoms with Crippen molar-refractivity contribution in [2.75, 3.05) is 27.2 Å². The second kappa shape index (κ2) is 6.95. The Hall–Kier alpha value is -1.02. The van der Waals surface area contributed by atoms with Gasteiger partial charge in [0, 0.05) is 0 Å². The maximum atomic E-state index is 5.94. The normalized spacial score (nSPS) is 14.9. The van der Waals surface area contributed by atoms with Gasteiger partial charge in [-0.05, 0) is 75.9 Å². The smallest absolute Gasteiger partial charge is 0.122 e. The number of benzene rings is 1. The van der Waals surface area contributed by atoms with E-state index in [0.29, 0.717) is 0 Å². The molecule has 1 fully saturated rings. The topological polar surface area (TPSA) is 12.5 Å². The number of hydrogen-bond acceptors (Lipinski definition) is 2. The minimum Gasteiger partial charge on any atom is -0.493 e. The summed E-state index contributed by atoms with van der Waals surface area (Å²) in [6.07, 6.45) is 6.14. The lowest BCUT2D eigenvalue weighted by Gasteiger charge is -2.13. The summed E-state index contributed by atoms with van der Waals surface area (Å²) >= 11 is 0. The highest BCUT2D eigenvalue weighted by atomic mass is 16.5. The van der Waals surface area contributed by atoms with Crippen LogP contribution in [0.15, 0.2) is 18.2 Å². The van der Waals surface area contributed by atoms with Crippen molar-refractivity contribution in [1.29, 1.82) is 0 Å². The second-order valence-electron chi connectivity index (χ2n) is 5.96. The quantitative estimate of drug-likeness (QED) is 0.710. The molecule has 106 valence electrons. The molecule has 2 heteroatoms. The van der Waals surface area contributed by atoms with Gasteiger partial charge in [0.25, 0.3) is 0 Å². The average molecular weight is 261 g/mol. The number of rotatable bonds is 8. The van der Waals surface area contributed by atoms with Crippen LogP contribution in [0.5, 0.6) is 5.75 Å². The van der Waals surface area contributed by atoms with Crippen LogP contribution in [0.25, 0.3) is 0 Å². The van der Waals surface area contributed by atoms with Gasteiger partial charge in [-0.15, -0.1) is 0 Å². The van der Waals surface area contributed by atoms with E-state index in [0.717, 1.165) is 37.7 Å². The standard InChI is InChI=1S/C17H27NO/c1-4-16-12-14(6-5-11-18(2)3)9-10-17(16)19-13-15-7-8-15/h9-10,12,15H,4-8,11,13H2,1-3H3. The van der Waals surface area contributed by atoms with Crippen molar-refractivity contribution in [3.05, 3.63) is 29.3 Å². The van der Waals surface area contributed by atoms with Crippen molar-refractivity contribution in [3.8, 4) is 5.75 Å². The summed E-state index contributed by atoms with van der Waals surface area (Å²) < 4.78 is 5.94. The molecular weight excluding hydrogens is 234 g/mol. The SMILES string of the molecule is CCc1cc(CCCN(C)C)ccc1OCC1CC1. The van der Waals surface area contributed by atoms with Crippen molar-refractivity contribution < 1.29 is 4.74 Å². The van der Waals surface area contributed by atoms with Gasteiger partial charge in [0.15, 0.2) is 0 Å². The molecule has 0 spiro atoms. The highest BCUT2D eigenvalue weighted by molar-refractivity contribution is 5.37. The van der Waals surface area contributed by atoms with E-state index in [2.05, 4.69) is 44.1 Å². The summed E-state index contributed by atoms with van der Waals surface area (Å²) in [4.78, 5) is 2.24. The fourth-order valence-electron chi connectivity index (χ4n) is 2.30. The Balaban J connectivity index is 1.90. The van der Waals surface area contributed by atoms with Crippen LogP contribution in [-0.2, 0) is 12.8 Å². The maximum Gasteiger partial charge on any atom is 0.122 e. The fourth-order valence-corrected chi connectivity index (χ4v) is 2.30. The van der Waals surface area contributed by atoms with Crippen LogP contribution >= 0.6 is 0 Å². The van der Waals surface area contributed by atoms with E-state index in [9.17, 15) is 0 Å². The lowest BCUT2D eigenvalue weighted by atomic mass is 10.0. The minimum atomic E-state index is 0.824. The second-order valence-corrected chi connectivity index (χ2v) is 5.96. The molecule has 0 aliphatic heterocycles. The Labute approximate surface area is 117 Å². The lowest BCUT2D eigenvalue weighted by molar-refractivity contribution is 0.297. The van der Waals surface area contributed by atoms with Crippen molar-refractivity contribution >= 4 is 0 Å². The zero-order chi connectivity index (χ0) is 13.7. The number of ether oxygens (including phenoxy) is 1. The van der Waals surface area contributed by atoms with E-state index in [1.165, 1.54) is 30.4 Å². The first-order valence-electron chi connectivity index (χ1n) is 7.58. The zero-order valence-electron chi connectivity index (χ0n) is 12.6. The minimum absolute atomic E-state index is 0.824. The highest BCUT2D eigenvalue weighted by Gasteiger charge is 2.22. The Bertz CT molecular complexity index is 396. The third kappa shape index (κ3) is 4.87. The van der Waals surface area contributed by atoms with Crippen LogP contribution in [0.4, 0.5) is 0 Å². The fraction of sp³-hybridized carbons (Fsp3) is 0.647. The molecule has 0 atom stereocenters. The Morgan fingerprint density at radius 2 is 2.05 bits per heavy atom. The van der Waals surface area contributed by atoms with Gasteiger partial charge < -0.3 is 9.64 Å². The molecule has 1 aliphatic rings. The Morgan fingerprint density at radius 3 is 2.68 bits per heavy atom. The number of nitrogens with zero attached hydrogens (tertiary/aromatic N) is 1. The molecule has 0 radical (unpaired) electrons. The van der Waals surface area contributed by atoms with Crippen LogP contribution < -0.4 is 4.74 Å². The summed E-state index contributed by atoms with van der Waals surface area (Å²) in [6.45, 7) is 4.28. The Morgan fingerprint density at radius 1 is 1.26 bits per heavy atom.